The second-order valence-corrected chi connectivity index (χ2v) is 4.94. The lowest BCUT2D eigenvalue weighted by Crippen LogP contribution is -2.12. The SMILES string of the molecule is CC1Cc2cccc3cccc(c23)C1=C(C#N)C#N. The van der Waals surface area contributed by atoms with Crippen LogP contribution in [0.5, 0.6) is 0 Å². The average molecular weight is 244 g/mol. The quantitative estimate of drug-likeness (QED) is 0.661. The lowest BCUT2D eigenvalue weighted by molar-refractivity contribution is 0.737. The third kappa shape index (κ3) is 1.62. The lowest BCUT2D eigenvalue weighted by atomic mass is 9.77. The van der Waals surface area contributed by atoms with Crippen molar-refractivity contribution in [1.29, 1.82) is 10.5 Å². The van der Waals surface area contributed by atoms with Gasteiger partial charge in [-0.05, 0) is 39.8 Å². The molecule has 0 saturated carbocycles. The van der Waals surface area contributed by atoms with Crippen LogP contribution in [-0.2, 0) is 6.42 Å². The van der Waals surface area contributed by atoms with Crippen molar-refractivity contribution in [3.63, 3.8) is 0 Å². The average Bonchev–Trinajstić information content (AvgIpc) is 2.43. The van der Waals surface area contributed by atoms with Crippen molar-refractivity contribution in [2.75, 3.05) is 0 Å². The van der Waals surface area contributed by atoms with Gasteiger partial charge in [0.05, 0.1) is 0 Å². The summed E-state index contributed by atoms with van der Waals surface area (Å²) >= 11 is 0. The number of nitrogens with zero attached hydrogens (tertiary/aromatic N) is 2. The maximum atomic E-state index is 9.17. The monoisotopic (exact) mass is 244 g/mol. The van der Waals surface area contributed by atoms with E-state index in [0.29, 0.717) is 0 Å². The van der Waals surface area contributed by atoms with Gasteiger partial charge < -0.3 is 0 Å². The molecule has 3 rings (SSSR count). The molecule has 90 valence electrons. The Bertz CT molecular complexity index is 764. The molecular weight excluding hydrogens is 232 g/mol. The van der Waals surface area contributed by atoms with Gasteiger partial charge in [0.2, 0.25) is 0 Å². The highest BCUT2D eigenvalue weighted by atomic mass is 14.3. The van der Waals surface area contributed by atoms with Crippen molar-refractivity contribution in [2.24, 2.45) is 5.92 Å². The molecule has 0 bridgehead atoms. The fraction of sp³-hybridized carbons (Fsp3) is 0.176. The van der Waals surface area contributed by atoms with Crippen LogP contribution >= 0.6 is 0 Å². The van der Waals surface area contributed by atoms with Gasteiger partial charge in [0, 0.05) is 0 Å². The number of nitriles is 2. The van der Waals surface area contributed by atoms with E-state index in [1.165, 1.54) is 16.3 Å². The molecule has 0 N–H and O–H groups in total. The zero-order valence-corrected chi connectivity index (χ0v) is 10.6. The Morgan fingerprint density at radius 1 is 1.11 bits per heavy atom. The smallest absolute Gasteiger partial charge is 0.133 e. The second kappa shape index (κ2) is 4.26. The Hall–Kier alpha value is -2.58. The summed E-state index contributed by atoms with van der Waals surface area (Å²) in [5, 5.41) is 20.7. The molecule has 2 aromatic rings. The van der Waals surface area contributed by atoms with E-state index in [1.54, 1.807) is 0 Å². The fourth-order valence-electron chi connectivity index (χ4n) is 3.04. The predicted octanol–water partition coefficient (Wildman–Crippen LogP) is 3.83. The molecule has 0 spiro atoms. The number of hydrogen-bond donors (Lipinski definition) is 0. The van der Waals surface area contributed by atoms with Crippen molar-refractivity contribution in [3.05, 3.63) is 53.1 Å². The molecule has 2 nitrogen and oxygen atoms in total. The molecule has 0 aliphatic heterocycles. The highest BCUT2D eigenvalue weighted by Gasteiger charge is 2.25. The van der Waals surface area contributed by atoms with Crippen LogP contribution in [0.4, 0.5) is 0 Å². The van der Waals surface area contributed by atoms with E-state index in [9.17, 15) is 0 Å². The van der Waals surface area contributed by atoms with Crippen LogP contribution in [0, 0.1) is 28.6 Å². The Balaban J connectivity index is 2.46. The highest BCUT2D eigenvalue weighted by molar-refractivity contribution is 6.00. The van der Waals surface area contributed by atoms with Crippen molar-refractivity contribution in [1.82, 2.24) is 0 Å². The maximum absolute atomic E-state index is 9.17. The number of allylic oxidation sites excluding steroid dienone is 2. The minimum atomic E-state index is 0.204. The molecule has 2 heteroatoms. The molecule has 0 aromatic heterocycles. The van der Waals surface area contributed by atoms with Crippen LogP contribution in [0.2, 0.25) is 0 Å². The van der Waals surface area contributed by atoms with Crippen molar-refractivity contribution >= 4 is 16.3 Å². The summed E-state index contributed by atoms with van der Waals surface area (Å²) in [5.41, 5.74) is 3.49. The summed E-state index contributed by atoms with van der Waals surface area (Å²) in [7, 11) is 0. The third-order valence-electron chi connectivity index (χ3n) is 3.79. The molecule has 2 aromatic carbocycles. The molecule has 0 saturated heterocycles. The molecule has 1 aliphatic carbocycles. The van der Waals surface area contributed by atoms with Gasteiger partial charge in [0.1, 0.15) is 17.7 Å². The van der Waals surface area contributed by atoms with E-state index in [-0.39, 0.29) is 11.5 Å². The first-order valence-electron chi connectivity index (χ1n) is 6.31. The lowest BCUT2D eigenvalue weighted by Gasteiger charge is -2.25. The van der Waals surface area contributed by atoms with Gasteiger partial charge in [0.15, 0.2) is 0 Å². The molecule has 0 fully saturated rings. The van der Waals surface area contributed by atoms with Gasteiger partial charge in [-0.25, -0.2) is 0 Å². The van der Waals surface area contributed by atoms with E-state index < -0.39 is 0 Å². The predicted molar refractivity (Wildman–Crippen MR) is 75.0 cm³/mol. The second-order valence-electron chi connectivity index (χ2n) is 4.94. The molecule has 0 radical (unpaired) electrons. The van der Waals surface area contributed by atoms with Crippen LogP contribution in [0.3, 0.4) is 0 Å². The summed E-state index contributed by atoms with van der Waals surface area (Å²) in [5.74, 6) is 0.204. The first-order valence-corrected chi connectivity index (χ1v) is 6.31. The summed E-state index contributed by atoms with van der Waals surface area (Å²) in [6.45, 7) is 2.08. The fourth-order valence-corrected chi connectivity index (χ4v) is 3.04. The molecular formula is C17H12N2. The molecule has 1 aliphatic rings. The molecule has 19 heavy (non-hydrogen) atoms. The number of benzene rings is 2. The van der Waals surface area contributed by atoms with Crippen molar-refractivity contribution < 1.29 is 0 Å². The largest absolute Gasteiger partial charge is 0.192 e. The summed E-state index contributed by atoms with van der Waals surface area (Å²) in [4.78, 5) is 0. The minimum Gasteiger partial charge on any atom is -0.192 e. The van der Waals surface area contributed by atoms with Crippen LogP contribution in [-0.4, -0.2) is 0 Å². The van der Waals surface area contributed by atoms with E-state index in [2.05, 4.69) is 31.2 Å². The van der Waals surface area contributed by atoms with E-state index in [4.69, 9.17) is 10.5 Å². The standard InChI is InChI=1S/C17H12N2/c1-11-8-13-6-2-4-12-5-3-7-15(17(12)13)16(11)14(9-18)10-19/h2-7,11H,8H2,1H3. The molecule has 1 unspecified atom stereocenters. The third-order valence-corrected chi connectivity index (χ3v) is 3.79. The Labute approximate surface area is 112 Å². The number of rotatable bonds is 0. The Kier molecular flexibility index (Phi) is 2.58. The normalized spacial score (nSPS) is 16.8. The van der Waals surface area contributed by atoms with Gasteiger partial charge >= 0.3 is 0 Å². The van der Waals surface area contributed by atoms with Gasteiger partial charge in [-0.1, -0.05) is 43.3 Å². The van der Waals surface area contributed by atoms with E-state index >= 15 is 0 Å². The molecule has 0 amide bonds. The van der Waals surface area contributed by atoms with Crippen LogP contribution in [0.1, 0.15) is 18.1 Å². The Morgan fingerprint density at radius 2 is 1.79 bits per heavy atom. The molecule has 1 atom stereocenters. The molecule has 0 heterocycles. The topological polar surface area (TPSA) is 47.6 Å². The zero-order valence-electron chi connectivity index (χ0n) is 10.6. The van der Waals surface area contributed by atoms with Crippen LogP contribution < -0.4 is 0 Å². The van der Waals surface area contributed by atoms with E-state index in [0.717, 1.165) is 17.6 Å². The number of hydrogen-bond acceptors (Lipinski definition) is 2. The van der Waals surface area contributed by atoms with Crippen molar-refractivity contribution in [2.45, 2.75) is 13.3 Å². The van der Waals surface area contributed by atoms with Crippen LogP contribution in [0.15, 0.2) is 42.0 Å². The Morgan fingerprint density at radius 3 is 2.47 bits per heavy atom. The van der Waals surface area contributed by atoms with Gasteiger partial charge in [0.25, 0.3) is 0 Å². The summed E-state index contributed by atoms with van der Waals surface area (Å²) < 4.78 is 0. The summed E-state index contributed by atoms with van der Waals surface area (Å²) in [6.07, 6.45) is 0.885. The first kappa shape index (κ1) is 11.5. The van der Waals surface area contributed by atoms with Crippen LogP contribution in [0.25, 0.3) is 16.3 Å². The minimum absolute atomic E-state index is 0.204. The van der Waals surface area contributed by atoms with Gasteiger partial charge in [-0.3, -0.25) is 0 Å². The van der Waals surface area contributed by atoms with E-state index in [1.807, 2.05) is 24.3 Å². The highest BCUT2D eigenvalue weighted by Crippen LogP contribution is 2.40. The zero-order chi connectivity index (χ0) is 13.4. The van der Waals surface area contributed by atoms with Gasteiger partial charge in [-0.2, -0.15) is 10.5 Å². The summed E-state index contributed by atoms with van der Waals surface area (Å²) in [6, 6.07) is 16.5. The van der Waals surface area contributed by atoms with Crippen molar-refractivity contribution in [3.8, 4) is 12.1 Å². The first-order chi connectivity index (χ1) is 9.26. The van der Waals surface area contributed by atoms with Gasteiger partial charge in [-0.15, -0.1) is 0 Å². The maximum Gasteiger partial charge on any atom is 0.133 e.